The minimum absolute atomic E-state index is 0.0568. The van der Waals surface area contributed by atoms with Gasteiger partial charge in [-0.2, -0.15) is 0 Å². The number of carboxylic acids is 1. The molecule has 0 aromatic heterocycles. The van der Waals surface area contributed by atoms with Crippen molar-refractivity contribution in [1.29, 1.82) is 0 Å². The molecule has 1 aliphatic rings. The summed E-state index contributed by atoms with van der Waals surface area (Å²) in [7, 11) is 0. The summed E-state index contributed by atoms with van der Waals surface area (Å²) in [6, 6.07) is 0. The fraction of sp³-hybridized carbons (Fsp3) is 0.538. The van der Waals surface area contributed by atoms with Gasteiger partial charge in [0, 0.05) is 13.0 Å². The Bertz CT molecular complexity index is 345. The molecule has 4 nitrogen and oxygen atoms in total. The lowest BCUT2D eigenvalue weighted by molar-refractivity contribution is -0.138. The third-order valence-electron chi connectivity index (χ3n) is 2.69. The highest BCUT2D eigenvalue weighted by molar-refractivity contribution is 5.80. The van der Waals surface area contributed by atoms with Crippen LogP contribution in [0.1, 0.15) is 32.6 Å². The zero-order valence-electron chi connectivity index (χ0n) is 10.1. The highest BCUT2D eigenvalue weighted by atomic mass is 16.4. The van der Waals surface area contributed by atoms with Gasteiger partial charge in [-0.3, -0.25) is 9.59 Å². The SMILES string of the molecule is CC1C=CC(CCNC(=O)CCC(=O)O)=CC1. The van der Waals surface area contributed by atoms with E-state index in [0.29, 0.717) is 12.5 Å². The molecule has 94 valence electrons. The molecule has 17 heavy (non-hydrogen) atoms. The lowest BCUT2D eigenvalue weighted by atomic mass is 9.97. The highest BCUT2D eigenvalue weighted by Crippen LogP contribution is 2.17. The van der Waals surface area contributed by atoms with Gasteiger partial charge in [0.15, 0.2) is 0 Å². The van der Waals surface area contributed by atoms with Crippen molar-refractivity contribution >= 4 is 11.9 Å². The van der Waals surface area contributed by atoms with Gasteiger partial charge in [-0.1, -0.05) is 30.7 Å². The molecule has 0 fully saturated rings. The summed E-state index contributed by atoms with van der Waals surface area (Å²) in [5.74, 6) is -0.530. The second kappa shape index (κ2) is 6.89. The predicted octanol–water partition coefficient (Wildman–Crippen LogP) is 1.88. The van der Waals surface area contributed by atoms with Gasteiger partial charge in [0.05, 0.1) is 6.42 Å². The van der Waals surface area contributed by atoms with Crippen LogP contribution in [0, 0.1) is 5.92 Å². The molecule has 0 aromatic rings. The van der Waals surface area contributed by atoms with Gasteiger partial charge in [0.2, 0.25) is 5.91 Å². The van der Waals surface area contributed by atoms with Crippen LogP contribution in [0.2, 0.25) is 0 Å². The van der Waals surface area contributed by atoms with Crippen molar-refractivity contribution in [2.24, 2.45) is 5.92 Å². The Hall–Kier alpha value is -1.58. The first kappa shape index (κ1) is 13.5. The van der Waals surface area contributed by atoms with Crippen LogP contribution in [-0.4, -0.2) is 23.5 Å². The fourth-order valence-corrected chi connectivity index (χ4v) is 1.61. The van der Waals surface area contributed by atoms with Gasteiger partial charge in [-0.25, -0.2) is 0 Å². The monoisotopic (exact) mass is 237 g/mol. The second-order valence-corrected chi connectivity index (χ2v) is 4.34. The lowest BCUT2D eigenvalue weighted by Gasteiger charge is -2.12. The predicted molar refractivity (Wildman–Crippen MR) is 65.5 cm³/mol. The summed E-state index contributed by atoms with van der Waals surface area (Å²) in [5, 5.41) is 11.1. The van der Waals surface area contributed by atoms with Gasteiger partial charge >= 0.3 is 5.97 Å². The van der Waals surface area contributed by atoms with Gasteiger partial charge in [-0.05, 0) is 18.8 Å². The van der Waals surface area contributed by atoms with Gasteiger partial charge in [-0.15, -0.1) is 0 Å². The standard InChI is InChI=1S/C13H19NO3/c1-10-2-4-11(5-3-10)8-9-14-12(15)6-7-13(16)17/h2,4-5,10H,3,6-9H2,1H3,(H,14,15)(H,16,17). The average molecular weight is 237 g/mol. The van der Waals surface area contributed by atoms with Crippen molar-refractivity contribution in [3.63, 3.8) is 0 Å². The van der Waals surface area contributed by atoms with Crippen LogP contribution in [0.5, 0.6) is 0 Å². The topological polar surface area (TPSA) is 66.4 Å². The molecular weight excluding hydrogens is 218 g/mol. The van der Waals surface area contributed by atoms with E-state index in [4.69, 9.17) is 5.11 Å². The lowest BCUT2D eigenvalue weighted by Crippen LogP contribution is -2.25. The Balaban J connectivity index is 2.14. The molecule has 4 heteroatoms. The maximum Gasteiger partial charge on any atom is 0.303 e. The third-order valence-corrected chi connectivity index (χ3v) is 2.69. The van der Waals surface area contributed by atoms with E-state index in [1.807, 2.05) is 0 Å². The van der Waals surface area contributed by atoms with Crippen LogP contribution in [0.3, 0.4) is 0 Å². The highest BCUT2D eigenvalue weighted by Gasteiger charge is 2.06. The van der Waals surface area contributed by atoms with Crippen LogP contribution in [0.15, 0.2) is 23.8 Å². The molecule has 1 atom stereocenters. The zero-order chi connectivity index (χ0) is 12.7. The molecule has 0 saturated heterocycles. The summed E-state index contributed by atoms with van der Waals surface area (Å²) in [5.41, 5.74) is 1.24. The number of carboxylic acid groups (broad SMARTS) is 1. The van der Waals surface area contributed by atoms with Gasteiger partial charge < -0.3 is 10.4 Å². The maximum atomic E-state index is 11.2. The number of amides is 1. The molecule has 0 aliphatic heterocycles. The van der Waals surface area contributed by atoms with E-state index < -0.39 is 5.97 Å². The first-order valence-corrected chi connectivity index (χ1v) is 5.93. The van der Waals surface area contributed by atoms with E-state index in [9.17, 15) is 9.59 Å². The molecule has 0 radical (unpaired) electrons. The first-order chi connectivity index (χ1) is 8.08. The largest absolute Gasteiger partial charge is 0.481 e. The number of carbonyl (C=O) groups excluding carboxylic acids is 1. The molecule has 1 rings (SSSR count). The van der Waals surface area contributed by atoms with Crippen molar-refractivity contribution in [3.8, 4) is 0 Å². The van der Waals surface area contributed by atoms with Crippen molar-refractivity contribution < 1.29 is 14.7 Å². The Kier molecular flexibility index (Phi) is 5.46. The van der Waals surface area contributed by atoms with E-state index >= 15 is 0 Å². The second-order valence-electron chi connectivity index (χ2n) is 4.34. The molecular formula is C13H19NO3. The summed E-state index contributed by atoms with van der Waals surface area (Å²) in [6.07, 6.45) is 8.27. The Labute approximate surface area is 101 Å². The number of aliphatic carboxylic acids is 1. The quantitative estimate of drug-likeness (QED) is 0.741. The molecule has 1 unspecified atom stereocenters. The summed E-state index contributed by atoms with van der Waals surface area (Å²) in [4.78, 5) is 21.5. The molecule has 1 aliphatic carbocycles. The van der Waals surface area contributed by atoms with Gasteiger partial charge in [0.25, 0.3) is 0 Å². The number of hydrogen-bond acceptors (Lipinski definition) is 2. The zero-order valence-corrected chi connectivity index (χ0v) is 10.1. The smallest absolute Gasteiger partial charge is 0.303 e. The minimum atomic E-state index is -0.938. The average Bonchev–Trinajstić information content (AvgIpc) is 2.29. The molecule has 0 heterocycles. The van der Waals surface area contributed by atoms with Crippen molar-refractivity contribution in [2.45, 2.75) is 32.6 Å². The number of nitrogens with one attached hydrogen (secondary N) is 1. The molecule has 0 saturated carbocycles. The summed E-state index contributed by atoms with van der Waals surface area (Å²) >= 11 is 0. The normalized spacial score (nSPS) is 18.6. The van der Waals surface area contributed by atoms with Crippen LogP contribution < -0.4 is 5.32 Å². The van der Waals surface area contributed by atoms with Crippen molar-refractivity contribution in [1.82, 2.24) is 5.32 Å². The number of hydrogen-bond donors (Lipinski definition) is 2. The van der Waals surface area contributed by atoms with Crippen LogP contribution in [-0.2, 0) is 9.59 Å². The Morgan fingerprint density at radius 1 is 1.47 bits per heavy atom. The number of rotatable bonds is 6. The van der Waals surface area contributed by atoms with Gasteiger partial charge in [0.1, 0.15) is 0 Å². The minimum Gasteiger partial charge on any atom is -0.481 e. The van der Waals surface area contributed by atoms with Crippen molar-refractivity contribution in [2.75, 3.05) is 6.54 Å². The number of allylic oxidation sites excluding steroid dienone is 3. The van der Waals surface area contributed by atoms with E-state index in [1.165, 1.54) is 5.57 Å². The van der Waals surface area contributed by atoms with Crippen LogP contribution in [0.4, 0.5) is 0 Å². The molecule has 2 N–H and O–H groups in total. The fourth-order valence-electron chi connectivity index (χ4n) is 1.61. The van der Waals surface area contributed by atoms with E-state index in [0.717, 1.165) is 12.8 Å². The molecule has 1 amide bonds. The van der Waals surface area contributed by atoms with Crippen LogP contribution >= 0.6 is 0 Å². The summed E-state index contributed by atoms with van der Waals surface area (Å²) in [6.45, 7) is 2.74. The molecule has 0 bridgehead atoms. The third kappa shape index (κ3) is 5.90. The summed E-state index contributed by atoms with van der Waals surface area (Å²) < 4.78 is 0. The number of carbonyl (C=O) groups is 2. The Morgan fingerprint density at radius 2 is 2.24 bits per heavy atom. The van der Waals surface area contributed by atoms with E-state index in [-0.39, 0.29) is 18.7 Å². The Morgan fingerprint density at radius 3 is 2.82 bits per heavy atom. The molecule has 0 aromatic carbocycles. The molecule has 0 spiro atoms. The van der Waals surface area contributed by atoms with Crippen LogP contribution in [0.25, 0.3) is 0 Å². The maximum absolute atomic E-state index is 11.2. The van der Waals surface area contributed by atoms with Crippen molar-refractivity contribution in [3.05, 3.63) is 23.8 Å². The van der Waals surface area contributed by atoms with E-state index in [2.05, 4.69) is 30.5 Å². The van der Waals surface area contributed by atoms with E-state index in [1.54, 1.807) is 0 Å². The first-order valence-electron chi connectivity index (χ1n) is 5.93.